The Kier molecular flexibility index (Phi) is 7.87. The van der Waals surface area contributed by atoms with E-state index in [1.165, 1.54) is 0 Å². The molecule has 0 radical (unpaired) electrons. The molecule has 0 aromatic heterocycles. The predicted molar refractivity (Wildman–Crippen MR) is 72.2 cm³/mol. The molecule has 0 bridgehead atoms. The summed E-state index contributed by atoms with van der Waals surface area (Å²) in [7, 11) is 3.31. The van der Waals surface area contributed by atoms with Gasteiger partial charge in [0.05, 0.1) is 18.8 Å². The van der Waals surface area contributed by atoms with Crippen LogP contribution in [0.1, 0.15) is 27.2 Å². The second kappa shape index (κ2) is 8.87. The average molecular weight is 276 g/mol. The van der Waals surface area contributed by atoms with E-state index in [0.717, 1.165) is 6.42 Å². The highest BCUT2D eigenvalue weighted by molar-refractivity contribution is 4.89. The molecule has 1 fully saturated rings. The van der Waals surface area contributed by atoms with E-state index in [9.17, 15) is 0 Å². The van der Waals surface area contributed by atoms with E-state index in [4.69, 9.17) is 23.7 Å². The Bertz CT molecular complexity index is 236. The highest BCUT2D eigenvalue weighted by Crippen LogP contribution is 2.30. The number of methoxy groups -OCH3 is 2. The monoisotopic (exact) mass is 276 g/mol. The molecule has 0 aliphatic carbocycles. The molecule has 5 nitrogen and oxygen atoms in total. The van der Waals surface area contributed by atoms with Gasteiger partial charge in [0, 0.05) is 33.4 Å². The van der Waals surface area contributed by atoms with E-state index in [0.29, 0.717) is 19.8 Å². The molecule has 1 rings (SSSR count). The molecule has 0 aromatic rings. The number of hydrogen-bond acceptors (Lipinski definition) is 5. The molecule has 0 saturated carbocycles. The van der Waals surface area contributed by atoms with Crippen LogP contribution >= 0.6 is 0 Å². The van der Waals surface area contributed by atoms with Crippen LogP contribution in [-0.2, 0) is 23.7 Å². The quantitative estimate of drug-likeness (QED) is 0.677. The van der Waals surface area contributed by atoms with Crippen molar-refractivity contribution in [1.82, 2.24) is 0 Å². The van der Waals surface area contributed by atoms with Crippen LogP contribution in [0, 0.1) is 5.92 Å². The minimum Gasteiger partial charge on any atom is -0.382 e. The molecule has 1 aliphatic rings. The van der Waals surface area contributed by atoms with Crippen LogP contribution < -0.4 is 0 Å². The summed E-state index contributed by atoms with van der Waals surface area (Å²) in [6.45, 7) is 8.04. The average Bonchev–Trinajstić information content (AvgIpc) is 2.41. The minimum atomic E-state index is -0.404. The second-order valence-corrected chi connectivity index (χ2v) is 4.85. The summed E-state index contributed by atoms with van der Waals surface area (Å²) in [6, 6.07) is 0. The summed E-state index contributed by atoms with van der Waals surface area (Å²) in [5, 5.41) is 0. The van der Waals surface area contributed by atoms with Crippen molar-refractivity contribution in [2.24, 2.45) is 5.92 Å². The van der Waals surface area contributed by atoms with Crippen molar-refractivity contribution in [3.63, 3.8) is 0 Å². The summed E-state index contributed by atoms with van der Waals surface area (Å²) in [5.74, 6) is 0.203. The fourth-order valence-electron chi connectivity index (χ4n) is 2.45. The summed E-state index contributed by atoms with van der Waals surface area (Å²) in [5.41, 5.74) is 0. The Labute approximate surface area is 116 Å². The van der Waals surface area contributed by atoms with E-state index < -0.39 is 6.29 Å². The van der Waals surface area contributed by atoms with Gasteiger partial charge in [0.1, 0.15) is 6.10 Å². The molecule has 1 heterocycles. The largest absolute Gasteiger partial charge is 0.382 e. The van der Waals surface area contributed by atoms with Crippen molar-refractivity contribution >= 4 is 0 Å². The standard InChI is InChI=1S/C14H28O5/c1-6-8-18-12-10(3)11(9-15-4)19-14(16-5)13(12)17-7-2/h10-14H,6-9H2,1-5H3/t10-,11?,12?,13?,14+/m1/s1. The van der Waals surface area contributed by atoms with Crippen LogP contribution in [0.15, 0.2) is 0 Å². The zero-order chi connectivity index (χ0) is 14.3. The van der Waals surface area contributed by atoms with Gasteiger partial charge in [-0.15, -0.1) is 0 Å². The van der Waals surface area contributed by atoms with Gasteiger partial charge in [-0.3, -0.25) is 0 Å². The maximum Gasteiger partial charge on any atom is 0.186 e. The van der Waals surface area contributed by atoms with Crippen LogP contribution in [0.5, 0.6) is 0 Å². The second-order valence-electron chi connectivity index (χ2n) is 4.85. The fourth-order valence-corrected chi connectivity index (χ4v) is 2.45. The van der Waals surface area contributed by atoms with Crippen molar-refractivity contribution in [2.75, 3.05) is 34.0 Å². The molecule has 0 amide bonds. The maximum atomic E-state index is 5.98. The first kappa shape index (κ1) is 16.9. The van der Waals surface area contributed by atoms with E-state index in [1.54, 1.807) is 14.2 Å². The van der Waals surface area contributed by atoms with Crippen LogP contribution in [-0.4, -0.2) is 58.6 Å². The van der Waals surface area contributed by atoms with Crippen molar-refractivity contribution in [3.8, 4) is 0 Å². The predicted octanol–water partition coefficient (Wildman–Crippen LogP) is 1.84. The zero-order valence-electron chi connectivity index (χ0n) is 12.8. The molecule has 3 unspecified atom stereocenters. The topological polar surface area (TPSA) is 46.2 Å². The molecule has 0 spiro atoms. The Morgan fingerprint density at radius 1 is 1.05 bits per heavy atom. The van der Waals surface area contributed by atoms with Crippen molar-refractivity contribution in [3.05, 3.63) is 0 Å². The fraction of sp³-hybridized carbons (Fsp3) is 1.00. The van der Waals surface area contributed by atoms with Gasteiger partial charge in [0.25, 0.3) is 0 Å². The summed E-state index contributed by atoms with van der Waals surface area (Å²) < 4.78 is 28.3. The molecular weight excluding hydrogens is 248 g/mol. The van der Waals surface area contributed by atoms with Crippen LogP contribution in [0.4, 0.5) is 0 Å². The van der Waals surface area contributed by atoms with Gasteiger partial charge in [-0.05, 0) is 13.3 Å². The number of rotatable bonds is 8. The van der Waals surface area contributed by atoms with E-state index in [-0.39, 0.29) is 24.2 Å². The smallest absolute Gasteiger partial charge is 0.186 e. The van der Waals surface area contributed by atoms with Crippen molar-refractivity contribution < 1.29 is 23.7 Å². The van der Waals surface area contributed by atoms with Gasteiger partial charge in [-0.2, -0.15) is 0 Å². The van der Waals surface area contributed by atoms with Gasteiger partial charge in [-0.1, -0.05) is 13.8 Å². The lowest BCUT2D eigenvalue weighted by Gasteiger charge is -2.44. The molecule has 5 atom stereocenters. The SMILES string of the molecule is CCCOC1C(OCC)[C@@H](OC)OC(COC)[C@H]1C. The van der Waals surface area contributed by atoms with Gasteiger partial charge < -0.3 is 23.7 Å². The van der Waals surface area contributed by atoms with Crippen molar-refractivity contribution in [2.45, 2.75) is 51.8 Å². The van der Waals surface area contributed by atoms with Crippen LogP contribution in [0.2, 0.25) is 0 Å². The lowest BCUT2D eigenvalue weighted by atomic mass is 9.90. The lowest BCUT2D eigenvalue weighted by Crippen LogP contribution is -2.57. The zero-order valence-corrected chi connectivity index (χ0v) is 12.8. The highest BCUT2D eigenvalue weighted by atomic mass is 16.7. The Morgan fingerprint density at radius 3 is 2.32 bits per heavy atom. The maximum absolute atomic E-state index is 5.98. The molecule has 114 valence electrons. The first-order valence-corrected chi connectivity index (χ1v) is 7.09. The third-order valence-corrected chi connectivity index (χ3v) is 3.44. The van der Waals surface area contributed by atoms with E-state index >= 15 is 0 Å². The van der Waals surface area contributed by atoms with Gasteiger partial charge >= 0.3 is 0 Å². The van der Waals surface area contributed by atoms with Gasteiger partial charge in [0.2, 0.25) is 0 Å². The molecule has 19 heavy (non-hydrogen) atoms. The molecule has 1 aliphatic heterocycles. The minimum absolute atomic E-state index is 0.0289. The number of hydrogen-bond donors (Lipinski definition) is 0. The molecule has 0 aromatic carbocycles. The highest BCUT2D eigenvalue weighted by Gasteiger charge is 2.45. The summed E-state index contributed by atoms with van der Waals surface area (Å²) >= 11 is 0. The third-order valence-electron chi connectivity index (χ3n) is 3.44. The van der Waals surface area contributed by atoms with E-state index in [2.05, 4.69) is 13.8 Å². The normalized spacial score (nSPS) is 35.5. The Balaban J connectivity index is 2.79. The summed E-state index contributed by atoms with van der Waals surface area (Å²) in [6.07, 6.45) is 0.324. The Morgan fingerprint density at radius 2 is 1.79 bits per heavy atom. The van der Waals surface area contributed by atoms with E-state index in [1.807, 2.05) is 6.92 Å². The van der Waals surface area contributed by atoms with Gasteiger partial charge in [-0.25, -0.2) is 0 Å². The van der Waals surface area contributed by atoms with Crippen LogP contribution in [0.25, 0.3) is 0 Å². The molecule has 0 N–H and O–H groups in total. The first-order chi connectivity index (χ1) is 9.19. The van der Waals surface area contributed by atoms with Crippen LogP contribution in [0.3, 0.4) is 0 Å². The molecule has 1 saturated heterocycles. The van der Waals surface area contributed by atoms with Crippen molar-refractivity contribution in [1.29, 1.82) is 0 Å². The molecule has 5 heteroatoms. The lowest BCUT2D eigenvalue weighted by molar-refractivity contribution is -0.297. The molecular formula is C14H28O5. The number of ether oxygens (including phenoxy) is 5. The third kappa shape index (κ3) is 4.39. The van der Waals surface area contributed by atoms with Gasteiger partial charge in [0.15, 0.2) is 6.29 Å². The Hall–Kier alpha value is -0.200. The first-order valence-electron chi connectivity index (χ1n) is 7.09. The summed E-state index contributed by atoms with van der Waals surface area (Å²) in [4.78, 5) is 0.